The highest BCUT2D eigenvalue weighted by Gasteiger charge is 2.38. The molecule has 0 bridgehead atoms. The predicted octanol–water partition coefficient (Wildman–Crippen LogP) is 3.40. The van der Waals surface area contributed by atoms with E-state index in [1.807, 2.05) is 26.0 Å². The van der Waals surface area contributed by atoms with Crippen LogP contribution in [0.1, 0.15) is 44.6 Å². The monoisotopic (exact) mass is 374 g/mol. The van der Waals surface area contributed by atoms with E-state index >= 15 is 0 Å². The maximum Gasteiger partial charge on any atom is 0.323 e. The van der Waals surface area contributed by atoms with Gasteiger partial charge < -0.3 is 5.73 Å². The van der Waals surface area contributed by atoms with Crippen molar-refractivity contribution in [1.29, 1.82) is 0 Å². The van der Waals surface area contributed by atoms with E-state index in [-0.39, 0.29) is 5.69 Å². The van der Waals surface area contributed by atoms with Gasteiger partial charge in [0.05, 0.1) is 0 Å². The molecular formula is C17H15BrN2O3. The van der Waals surface area contributed by atoms with Crippen LogP contribution >= 0.6 is 15.9 Å². The van der Waals surface area contributed by atoms with Gasteiger partial charge in [-0.1, -0.05) is 22.9 Å². The Morgan fingerprint density at radius 1 is 1.17 bits per heavy atom. The fraction of sp³-hybridized carbons (Fsp3) is 0.235. The number of hydrogen-bond acceptors (Lipinski definition) is 3. The minimum Gasteiger partial charge on any atom is -0.351 e. The van der Waals surface area contributed by atoms with Gasteiger partial charge >= 0.3 is 6.03 Å². The van der Waals surface area contributed by atoms with Gasteiger partial charge in [0.15, 0.2) is 0 Å². The summed E-state index contributed by atoms with van der Waals surface area (Å²) in [7, 11) is 0. The summed E-state index contributed by atoms with van der Waals surface area (Å²) < 4.78 is 1.96. The summed E-state index contributed by atoms with van der Waals surface area (Å²) >= 11 is 3.45. The Balaban J connectivity index is 2.52. The minimum absolute atomic E-state index is 0.0742. The molecule has 2 N–H and O–H groups in total. The number of nitrogens with zero attached hydrogens (tertiary/aromatic N) is 1. The zero-order chi connectivity index (χ0) is 17.0. The Morgan fingerprint density at radius 2 is 1.83 bits per heavy atom. The Bertz CT molecular complexity index is 909. The molecule has 1 aromatic heterocycles. The van der Waals surface area contributed by atoms with Crippen molar-refractivity contribution in [2.75, 3.05) is 0 Å². The maximum absolute atomic E-state index is 12.6. The van der Waals surface area contributed by atoms with Crippen LogP contribution in [0.5, 0.6) is 0 Å². The summed E-state index contributed by atoms with van der Waals surface area (Å²) in [4.78, 5) is 37.0. The number of carbonyl (C=O) groups excluding carboxylic acids is 3. The number of benzene rings is 1. The van der Waals surface area contributed by atoms with Crippen LogP contribution < -0.4 is 5.73 Å². The first kappa shape index (κ1) is 15.7. The molecule has 0 atom stereocenters. The number of aromatic nitrogens is 1. The first-order valence-corrected chi connectivity index (χ1v) is 8.02. The molecule has 0 radical (unpaired) electrons. The summed E-state index contributed by atoms with van der Waals surface area (Å²) in [6.07, 6.45) is 0.630. The quantitative estimate of drug-likeness (QED) is 0.776. The summed E-state index contributed by atoms with van der Waals surface area (Å²) in [5, 5.41) is 0. The van der Waals surface area contributed by atoms with E-state index in [2.05, 4.69) is 15.9 Å². The van der Waals surface area contributed by atoms with E-state index in [0.717, 1.165) is 20.2 Å². The summed E-state index contributed by atoms with van der Waals surface area (Å²) in [6.45, 7) is 5.48. The van der Waals surface area contributed by atoms with Crippen LogP contribution in [0.15, 0.2) is 16.6 Å². The van der Waals surface area contributed by atoms with Gasteiger partial charge in [0.1, 0.15) is 5.69 Å². The smallest absolute Gasteiger partial charge is 0.323 e. The van der Waals surface area contributed by atoms with Gasteiger partial charge in [-0.2, -0.15) is 0 Å². The normalized spacial score (nSPS) is 13.0. The van der Waals surface area contributed by atoms with Gasteiger partial charge in [0.2, 0.25) is 5.78 Å². The van der Waals surface area contributed by atoms with Crippen LogP contribution in [-0.2, 0) is 6.42 Å². The zero-order valence-corrected chi connectivity index (χ0v) is 14.6. The first-order valence-electron chi connectivity index (χ1n) is 7.23. The van der Waals surface area contributed by atoms with Gasteiger partial charge in [-0.05, 0) is 49.1 Å². The van der Waals surface area contributed by atoms with Crippen molar-refractivity contribution < 1.29 is 14.4 Å². The molecule has 6 heteroatoms. The van der Waals surface area contributed by atoms with Crippen molar-refractivity contribution >= 4 is 33.5 Å². The van der Waals surface area contributed by atoms with E-state index in [9.17, 15) is 14.4 Å². The largest absolute Gasteiger partial charge is 0.351 e. The molecule has 0 unspecified atom stereocenters. The van der Waals surface area contributed by atoms with Gasteiger partial charge in [-0.3, -0.25) is 14.2 Å². The third-order valence-corrected chi connectivity index (χ3v) is 4.88. The maximum atomic E-state index is 12.6. The molecule has 118 valence electrons. The van der Waals surface area contributed by atoms with Crippen LogP contribution in [-0.4, -0.2) is 22.2 Å². The van der Waals surface area contributed by atoms with E-state index < -0.39 is 17.6 Å². The molecule has 23 heavy (non-hydrogen) atoms. The lowest BCUT2D eigenvalue weighted by molar-refractivity contribution is 0.0810. The number of halogens is 1. The van der Waals surface area contributed by atoms with Crippen LogP contribution in [0.25, 0.3) is 11.1 Å². The second kappa shape index (κ2) is 5.16. The van der Waals surface area contributed by atoms with E-state index in [1.54, 1.807) is 6.92 Å². The fourth-order valence-corrected chi connectivity index (χ4v) is 3.76. The molecule has 2 aromatic rings. The van der Waals surface area contributed by atoms with Crippen molar-refractivity contribution in [3.8, 4) is 11.1 Å². The number of fused-ring (bicyclic) bond motifs is 3. The number of hydrogen-bond donors (Lipinski definition) is 1. The summed E-state index contributed by atoms with van der Waals surface area (Å²) in [5.41, 5.74) is 9.38. The molecule has 0 saturated carbocycles. The van der Waals surface area contributed by atoms with E-state index in [0.29, 0.717) is 28.8 Å². The summed E-state index contributed by atoms with van der Waals surface area (Å²) in [5.74, 6) is -1.27. The van der Waals surface area contributed by atoms with Crippen LogP contribution in [0.3, 0.4) is 0 Å². The second-order valence-electron chi connectivity index (χ2n) is 5.61. The highest BCUT2D eigenvalue weighted by Crippen LogP contribution is 2.41. The summed E-state index contributed by atoms with van der Waals surface area (Å²) in [6, 6.07) is 2.90. The first-order chi connectivity index (χ1) is 10.8. The molecule has 1 aromatic carbocycles. The van der Waals surface area contributed by atoms with Gasteiger partial charge in [0, 0.05) is 21.3 Å². The lowest BCUT2D eigenvalue weighted by Gasteiger charge is -2.20. The van der Waals surface area contributed by atoms with Gasteiger partial charge in [-0.15, -0.1) is 0 Å². The van der Waals surface area contributed by atoms with Crippen molar-refractivity contribution in [3.63, 3.8) is 0 Å². The zero-order valence-electron chi connectivity index (χ0n) is 13.0. The number of nitrogens with two attached hydrogens (primary N) is 1. The minimum atomic E-state index is -0.762. The number of ketones is 2. The number of Topliss-reactive ketones (excluding diaryl/α,β-unsaturated/α-hetero) is 2. The Hall–Kier alpha value is -2.21. The second-order valence-corrected chi connectivity index (χ2v) is 6.52. The predicted molar refractivity (Wildman–Crippen MR) is 90.1 cm³/mol. The van der Waals surface area contributed by atoms with Crippen molar-refractivity contribution in [2.24, 2.45) is 5.73 Å². The van der Waals surface area contributed by atoms with Crippen LogP contribution in [0, 0.1) is 13.8 Å². The van der Waals surface area contributed by atoms with E-state index in [4.69, 9.17) is 5.73 Å². The van der Waals surface area contributed by atoms with Gasteiger partial charge in [-0.25, -0.2) is 4.79 Å². The Labute approximate surface area is 141 Å². The third-order valence-electron chi connectivity index (χ3n) is 4.42. The Kier molecular flexibility index (Phi) is 3.52. The standard InChI is InChI=1S/C17H15BrN2O3/c1-4-9-5-10(18)6-11-12-7(2)8(3)20(17(19)23)14(12)16(22)15(21)13(9)11/h5-6H,4H2,1-3H3,(H2,19,23). The SMILES string of the molecule is CCc1cc(Br)cc2c1C(=O)C(=O)c1c-2c(C)c(C)n1C(N)=O. The number of rotatable bonds is 1. The third kappa shape index (κ3) is 2.01. The highest BCUT2D eigenvalue weighted by molar-refractivity contribution is 9.10. The lowest BCUT2D eigenvalue weighted by atomic mass is 9.83. The fourth-order valence-electron chi connectivity index (χ4n) is 3.25. The molecule has 0 saturated heterocycles. The van der Waals surface area contributed by atoms with E-state index in [1.165, 1.54) is 0 Å². The molecule has 1 amide bonds. The average molecular weight is 375 g/mol. The molecule has 0 aliphatic heterocycles. The van der Waals surface area contributed by atoms with Crippen molar-refractivity contribution in [3.05, 3.63) is 44.7 Å². The van der Waals surface area contributed by atoms with Crippen molar-refractivity contribution in [1.82, 2.24) is 4.57 Å². The molecule has 1 heterocycles. The Morgan fingerprint density at radius 3 is 2.39 bits per heavy atom. The molecule has 1 aliphatic rings. The molecule has 3 rings (SSSR count). The number of carbonyl (C=O) groups is 3. The average Bonchev–Trinajstić information content (AvgIpc) is 2.76. The lowest BCUT2D eigenvalue weighted by Crippen LogP contribution is -2.30. The van der Waals surface area contributed by atoms with Gasteiger partial charge in [0.25, 0.3) is 5.78 Å². The number of primary amides is 1. The molecule has 5 nitrogen and oxygen atoms in total. The van der Waals surface area contributed by atoms with Crippen molar-refractivity contribution in [2.45, 2.75) is 27.2 Å². The molecule has 1 aliphatic carbocycles. The molecule has 0 fully saturated rings. The highest BCUT2D eigenvalue weighted by atomic mass is 79.9. The topological polar surface area (TPSA) is 82.2 Å². The molecule has 0 spiro atoms. The molecular weight excluding hydrogens is 360 g/mol. The van der Waals surface area contributed by atoms with Crippen LogP contribution in [0.4, 0.5) is 4.79 Å². The number of aryl methyl sites for hydroxylation is 1. The number of amides is 1. The van der Waals surface area contributed by atoms with Crippen LogP contribution in [0.2, 0.25) is 0 Å².